The Kier molecular flexibility index (Phi) is 7.46. The van der Waals surface area contributed by atoms with Gasteiger partial charge in [0.25, 0.3) is 0 Å². The number of hydrogen-bond acceptors (Lipinski definition) is 5. The Hall–Kier alpha value is -0.920. The number of para-hydroxylation sites is 1. The van der Waals surface area contributed by atoms with Crippen LogP contribution in [-0.4, -0.2) is 48.1 Å². The lowest BCUT2D eigenvalue weighted by Crippen LogP contribution is -2.45. The Morgan fingerprint density at radius 1 is 1.36 bits per heavy atom. The third kappa shape index (κ3) is 4.44. The second-order valence-electron chi connectivity index (χ2n) is 6.20. The van der Waals surface area contributed by atoms with Crippen molar-refractivity contribution >= 4 is 52.3 Å². The van der Waals surface area contributed by atoms with Crippen LogP contribution < -0.4 is 5.32 Å². The predicted molar refractivity (Wildman–Crippen MR) is 105 cm³/mol. The summed E-state index contributed by atoms with van der Waals surface area (Å²) >= 11 is 1.72. The molecule has 2 saturated heterocycles. The lowest BCUT2D eigenvalue weighted by atomic mass is 10.1. The van der Waals surface area contributed by atoms with E-state index in [1.807, 2.05) is 23.1 Å². The van der Waals surface area contributed by atoms with Crippen LogP contribution in [0.5, 0.6) is 0 Å². The number of morpholine rings is 1. The number of hydrogen-bond donors (Lipinski definition) is 1. The molecule has 1 N–H and O–H groups in total. The fourth-order valence-electron chi connectivity index (χ4n) is 3.43. The predicted octanol–water partition coefficient (Wildman–Crippen LogP) is 3.18. The molecule has 25 heavy (non-hydrogen) atoms. The second kappa shape index (κ2) is 9.14. The van der Waals surface area contributed by atoms with E-state index in [2.05, 4.69) is 11.4 Å². The molecule has 3 heterocycles. The first-order chi connectivity index (χ1) is 11.3. The van der Waals surface area contributed by atoms with E-state index >= 15 is 0 Å². The summed E-state index contributed by atoms with van der Waals surface area (Å²) < 4.78 is 6.65. The first-order valence-corrected chi connectivity index (χ1v) is 9.09. The van der Waals surface area contributed by atoms with E-state index < -0.39 is 0 Å². The van der Waals surface area contributed by atoms with Gasteiger partial charge in [-0.1, -0.05) is 12.1 Å². The standard InChI is InChI=1S/C17H21N3O2S.2ClH/c21-16(10-12-11-22-9-7-18-12)20-8-3-5-14(20)17-19-13-4-1-2-6-15(13)23-17;;/h1-2,4,6,12,14,18H,3,5,7-11H2;2*1H. The Morgan fingerprint density at radius 3 is 2.96 bits per heavy atom. The van der Waals surface area contributed by atoms with E-state index in [0.717, 1.165) is 43.1 Å². The maximum Gasteiger partial charge on any atom is 0.224 e. The highest BCUT2D eigenvalue weighted by Crippen LogP contribution is 2.36. The molecule has 5 nitrogen and oxygen atoms in total. The Labute approximate surface area is 164 Å². The molecule has 1 aromatic heterocycles. The van der Waals surface area contributed by atoms with Crippen molar-refractivity contribution in [3.63, 3.8) is 0 Å². The number of ether oxygens (including phenoxy) is 1. The third-order valence-corrected chi connectivity index (χ3v) is 5.73. The Morgan fingerprint density at radius 2 is 2.20 bits per heavy atom. The summed E-state index contributed by atoms with van der Waals surface area (Å²) in [6.07, 6.45) is 2.59. The molecule has 2 aromatic rings. The molecule has 2 aliphatic rings. The fraction of sp³-hybridized carbons (Fsp3) is 0.529. The van der Waals surface area contributed by atoms with Crippen LogP contribution in [0.2, 0.25) is 0 Å². The minimum atomic E-state index is 0. The summed E-state index contributed by atoms with van der Waals surface area (Å²) in [4.78, 5) is 19.5. The number of rotatable bonds is 3. The zero-order chi connectivity index (χ0) is 15.6. The van der Waals surface area contributed by atoms with Gasteiger partial charge in [0, 0.05) is 25.6 Å². The molecular formula is C17H23Cl2N3O2S. The number of nitrogens with zero attached hydrogens (tertiary/aromatic N) is 2. The quantitative estimate of drug-likeness (QED) is 0.854. The number of halogens is 2. The van der Waals surface area contributed by atoms with Gasteiger partial charge in [-0.3, -0.25) is 4.79 Å². The minimum absolute atomic E-state index is 0. The van der Waals surface area contributed by atoms with Gasteiger partial charge in [0.15, 0.2) is 0 Å². The van der Waals surface area contributed by atoms with E-state index in [4.69, 9.17) is 9.72 Å². The number of likely N-dealkylation sites (tertiary alicyclic amines) is 1. The number of amides is 1. The molecule has 4 rings (SSSR count). The zero-order valence-corrected chi connectivity index (χ0v) is 16.3. The lowest BCUT2D eigenvalue weighted by molar-refractivity contribution is -0.133. The van der Waals surface area contributed by atoms with Gasteiger partial charge in [0.2, 0.25) is 5.91 Å². The van der Waals surface area contributed by atoms with Gasteiger partial charge in [-0.2, -0.15) is 0 Å². The largest absolute Gasteiger partial charge is 0.378 e. The Balaban J connectivity index is 0.00000113. The van der Waals surface area contributed by atoms with Crippen LogP contribution >= 0.6 is 36.2 Å². The summed E-state index contributed by atoms with van der Waals surface area (Å²) in [7, 11) is 0. The summed E-state index contributed by atoms with van der Waals surface area (Å²) in [6, 6.07) is 8.48. The summed E-state index contributed by atoms with van der Waals surface area (Å²) in [5.41, 5.74) is 1.04. The normalized spacial score (nSPS) is 23.1. The van der Waals surface area contributed by atoms with Crippen molar-refractivity contribution in [3.05, 3.63) is 29.3 Å². The number of fused-ring (bicyclic) bond motifs is 1. The number of carbonyl (C=O) groups is 1. The summed E-state index contributed by atoms with van der Waals surface area (Å²) in [5, 5.41) is 4.44. The average Bonchev–Trinajstić information content (AvgIpc) is 3.22. The van der Waals surface area contributed by atoms with Crippen molar-refractivity contribution in [1.82, 2.24) is 15.2 Å². The van der Waals surface area contributed by atoms with Crippen LogP contribution in [0.15, 0.2) is 24.3 Å². The lowest BCUT2D eigenvalue weighted by Gasteiger charge is -2.28. The molecule has 138 valence electrons. The van der Waals surface area contributed by atoms with Crippen molar-refractivity contribution in [2.45, 2.75) is 31.3 Å². The Bertz CT molecular complexity index is 673. The van der Waals surface area contributed by atoms with Gasteiger partial charge in [0.05, 0.1) is 29.5 Å². The van der Waals surface area contributed by atoms with Crippen LogP contribution in [0.25, 0.3) is 10.2 Å². The van der Waals surface area contributed by atoms with E-state index in [9.17, 15) is 4.79 Å². The van der Waals surface area contributed by atoms with Crippen LogP contribution in [-0.2, 0) is 9.53 Å². The monoisotopic (exact) mass is 403 g/mol. The topological polar surface area (TPSA) is 54.5 Å². The highest BCUT2D eigenvalue weighted by atomic mass is 35.5. The van der Waals surface area contributed by atoms with E-state index in [1.165, 1.54) is 4.70 Å². The highest BCUT2D eigenvalue weighted by molar-refractivity contribution is 7.18. The number of benzene rings is 1. The van der Waals surface area contributed by atoms with E-state index in [1.54, 1.807) is 11.3 Å². The molecule has 2 atom stereocenters. The smallest absolute Gasteiger partial charge is 0.224 e. The van der Waals surface area contributed by atoms with E-state index in [-0.39, 0.29) is 42.8 Å². The van der Waals surface area contributed by atoms with Crippen LogP contribution in [0, 0.1) is 0 Å². The van der Waals surface area contributed by atoms with Crippen LogP contribution in [0.4, 0.5) is 0 Å². The van der Waals surface area contributed by atoms with Gasteiger partial charge >= 0.3 is 0 Å². The molecule has 0 spiro atoms. The van der Waals surface area contributed by atoms with Crippen molar-refractivity contribution in [3.8, 4) is 0 Å². The first kappa shape index (κ1) is 20.4. The highest BCUT2D eigenvalue weighted by Gasteiger charge is 2.33. The van der Waals surface area contributed by atoms with Gasteiger partial charge in [-0.25, -0.2) is 4.98 Å². The number of carbonyl (C=O) groups excluding carboxylic acids is 1. The van der Waals surface area contributed by atoms with Gasteiger partial charge < -0.3 is 15.0 Å². The molecule has 0 aliphatic carbocycles. The maximum absolute atomic E-state index is 12.7. The van der Waals surface area contributed by atoms with Crippen molar-refractivity contribution < 1.29 is 9.53 Å². The SMILES string of the molecule is Cl.Cl.O=C(CC1COCCN1)N1CCCC1c1nc2ccccc2s1. The van der Waals surface area contributed by atoms with Gasteiger partial charge in [-0.15, -0.1) is 36.2 Å². The third-order valence-electron chi connectivity index (χ3n) is 4.59. The number of thiazole rings is 1. The van der Waals surface area contributed by atoms with Gasteiger partial charge in [-0.05, 0) is 25.0 Å². The molecule has 0 bridgehead atoms. The molecule has 2 unspecified atom stereocenters. The van der Waals surface area contributed by atoms with Crippen molar-refractivity contribution in [2.75, 3.05) is 26.3 Å². The molecule has 8 heteroatoms. The molecule has 0 saturated carbocycles. The summed E-state index contributed by atoms with van der Waals surface area (Å²) in [5.74, 6) is 0.217. The molecule has 2 fully saturated rings. The molecule has 1 aromatic carbocycles. The van der Waals surface area contributed by atoms with Gasteiger partial charge in [0.1, 0.15) is 5.01 Å². The van der Waals surface area contributed by atoms with Crippen molar-refractivity contribution in [2.24, 2.45) is 0 Å². The average molecular weight is 404 g/mol. The van der Waals surface area contributed by atoms with Crippen LogP contribution in [0.3, 0.4) is 0 Å². The van der Waals surface area contributed by atoms with Crippen LogP contribution in [0.1, 0.15) is 30.3 Å². The minimum Gasteiger partial charge on any atom is -0.378 e. The molecule has 0 radical (unpaired) electrons. The summed E-state index contributed by atoms with van der Waals surface area (Å²) in [6.45, 7) is 3.04. The number of aromatic nitrogens is 1. The fourth-order valence-corrected chi connectivity index (χ4v) is 4.55. The van der Waals surface area contributed by atoms with Crippen molar-refractivity contribution in [1.29, 1.82) is 0 Å². The maximum atomic E-state index is 12.7. The number of nitrogens with one attached hydrogen (secondary N) is 1. The molecular weight excluding hydrogens is 381 g/mol. The molecule has 1 amide bonds. The zero-order valence-electron chi connectivity index (χ0n) is 13.8. The molecule has 2 aliphatic heterocycles. The second-order valence-corrected chi connectivity index (χ2v) is 7.26. The first-order valence-electron chi connectivity index (χ1n) is 8.27. The van der Waals surface area contributed by atoms with E-state index in [0.29, 0.717) is 13.0 Å².